The molecule has 4 heteroatoms. The van der Waals surface area contributed by atoms with Crippen molar-refractivity contribution < 1.29 is 4.79 Å². The molecule has 0 aliphatic heterocycles. The van der Waals surface area contributed by atoms with Crippen molar-refractivity contribution >= 4 is 33.6 Å². The van der Waals surface area contributed by atoms with E-state index >= 15 is 0 Å². The minimum atomic E-state index is -0.0141. The highest BCUT2D eigenvalue weighted by Gasteiger charge is 2.05. The summed E-state index contributed by atoms with van der Waals surface area (Å²) in [5.74, 6) is 1.82. The van der Waals surface area contributed by atoms with Gasteiger partial charge in [0.25, 0.3) is 5.91 Å². The van der Waals surface area contributed by atoms with Crippen molar-refractivity contribution in [3.05, 3.63) is 46.5 Å². The van der Waals surface area contributed by atoms with Gasteiger partial charge in [0.05, 0.1) is 0 Å². The monoisotopic (exact) mass is 313 g/mol. The van der Waals surface area contributed by atoms with E-state index in [4.69, 9.17) is 0 Å². The SMILES string of the molecule is C=CCSCCNC(=O)c1ccc(Br)c(C)c1. The van der Waals surface area contributed by atoms with Crippen molar-refractivity contribution in [3.63, 3.8) is 0 Å². The van der Waals surface area contributed by atoms with Gasteiger partial charge in [0, 0.05) is 28.1 Å². The number of benzene rings is 1. The van der Waals surface area contributed by atoms with Crippen molar-refractivity contribution in [3.8, 4) is 0 Å². The molecule has 1 rings (SSSR count). The molecule has 1 N–H and O–H groups in total. The van der Waals surface area contributed by atoms with E-state index in [1.165, 1.54) is 0 Å². The molecular weight excluding hydrogens is 298 g/mol. The van der Waals surface area contributed by atoms with E-state index in [1.807, 2.05) is 31.2 Å². The molecule has 0 atom stereocenters. The highest BCUT2D eigenvalue weighted by atomic mass is 79.9. The fourth-order valence-corrected chi connectivity index (χ4v) is 2.12. The Balaban J connectivity index is 2.41. The topological polar surface area (TPSA) is 29.1 Å². The zero-order valence-electron chi connectivity index (χ0n) is 9.83. The second kappa shape index (κ2) is 7.56. The van der Waals surface area contributed by atoms with Crippen molar-refractivity contribution in [1.82, 2.24) is 5.32 Å². The third-order valence-corrected chi connectivity index (χ3v) is 4.04. The third-order valence-electron chi connectivity index (χ3n) is 2.19. The van der Waals surface area contributed by atoms with Gasteiger partial charge in [-0.05, 0) is 30.7 Å². The fraction of sp³-hybridized carbons (Fsp3) is 0.308. The number of thioether (sulfide) groups is 1. The fourth-order valence-electron chi connectivity index (χ4n) is 1.29. The van der Waals surface area contributed by atoms with E-state index in [1.54, 1.807) is 11.8 Å². The smallest absolute Gasteiger partial charge is 0.251 e. The van der Waals surface area contributed by atoms with Crippen molar-refractivity contribution in [2.45, 2.75) is 6.92 Å². The molecule has 0 heterocycles. The number of halogens is 1. The predicted molar refractivity (Wildman–Crippen MR) is 78.7 cm³/mol. The molecule has 0 spiro atoms. The van der Waals surface area contributed by atoms with Gasteiger partial charge < -0.3 is 5.32 Å². The Bertz CT molecular complexity index is 406. The summed E-state index contributed by atoms with van der Waals surface area (Å²) in [4.78, 5) is 11.8. The molecular formula is C13H16BrNOS. The normalized spacial score (nSPS) is 10.0. The van der Waals surface area contributed by atoms with Gasteiger partial charge in [-0.15, -0.1) is 6.58 Å². The lowest BCUT2D eigenvalue weighted by molar-refractivity contribution is 0.0956. The number of hydrogen-bond donors (Lipinski definition) is 1. The van der Waals surface area contributed by atoms with Crippen molar-refractivity contribution in [2.24, 2.45) is 0 Å². The summed E-state index contributed by atoms with van der Waals surface area (Å²) in [6, 6.07) is 5.61. The van der Waals surface area contributed by atoms with Crippen LogP contribution < -0.4 is 5.32 Å². The van der Waals surface area contributed by atoms with Crippen LogP contribution in [-0.2, 0) is 0 Å². The van der Waals surface area contributed by atoms with Gasteiger partial charge in [0.2, 0.25) is 0 Å². The minimum absolute atomic E-state index is 0.0141. The maximum atomic E-state index is 11.8. The van der Waals surface area contributed by atoms with Crippen molar-refractivity contribution in [1.29, 1.82) is 0 Å². The van der Waals surface area contributed by atoms with Crippen LogP contribution in [0.2, 0.25) is 0 Å². The average molecular weight is 314 g/mol. The second-order valence-corrected chi connectivity index (χ2v) is 5.59. The molecule has 0 bridgehead atoms. The number of aryl methyl sites for hydroxylation is 1. The van der Waals surface area contributed by atoms with E-state index in [-0.39, 0.29) is 5.91 Å². The van der Waals surface area contributed by atoms with Crippen LogP contribution in [0.5, 0.6) is 0 Å². The van der Waals surface area contributed by atoms with Crippen LogP contribution in [0.15, 0.2) is 35.3 Å². The summed E-state index contributed by atoms with van der Waals surface area (Å²) in [6.45, 7) is 6.31. The van der Waals surface area contributed by atoms with Gasteiger partial charge >= 0.3 is 0 Å². The maximum absolute atomic E-state index is 11.8. The van der Waals surface area contributed by atoms with E-state index in [0.29, 0.717) is 12.1 Å². The molecule has 92 valence electrons. The number of rotatable bonds is 6. The predicted octanol–water partition coefficient (Wildman–Crippen LogP) is 3.41. The zero-order chi connectivity index (χ0) is 12.7. The Morgan fingerprint density at radius 1 is 1.59 bits per heavy atom. The summed E-state index contributed by atoms with van der Waals surface area (Å²) >= 11 is 5.17. The first kappa shape index (κ1) is 14.3. The molecule has 0 aliphatic rings. The van der Waals surface area contributed by atoms with Gasteiger partial charge in [0.1, 0.15) is 0 Å². The quantitative estimate of drug-likeness (QED) is 0.644. The lowest BCUT2D eigenvalue weighted by Gasteiger charge is -2.06. The molecule has 17 heavy (non-hydrogen) atoms. The molecule has 0 saturated carbocycles. The van der Waals surface area contributed by atoms with Crippen molar-refractivity contribution in [2.75, 3.05) is 18.1 Å². The largest absolute Gasteiger partial charge is 0.351 e. The molecule has 1 aromatic carbocycles. The van der Waals surface area contributed by atoms with E-state index in [0.717, 1.165) is 21.5 Å². The first-order valence-electron chi connectivity index (χ1n) is 5.38. The van der Waals surface area contributed by atoms with Gasteiger partial charge in [-0.2, -0.15) is 11.8 Å². The first-order valence-corrected chi connectivity index (χ1v) is 7.33. The van der Waals surface area contributed by atoms with Crippen LogP contribution in [-0.4, -0.2) is 24.0 Å². The third kappa shape index (κ3) is 4.96. The highest BCUT2D eigenvalue weighted by Crippen LogP contribution is 2.16. The van der Waals surface area contributed by atoms with E-state index < -0.39 is 0 Å². The van der Waals surface area contributed by atoms with Crippen LogP contribution >= 0.6 is 27.7 Å². The van der Waals surface area contributed by atoms with E-state index in [2.05, 4.69) is 27.8 Å². The summed E-state index contributed by atoms with van der Waals surface area (Å²) in [6.07, 6.45) is 1.87. The molecule has 0 radical (unpaired) electrons. The number of carbonyl (C=O) groups excluding carboxylic acids is 1. The molecule has 1 aromatic rings. The molecule has 0 aliphatic carbocycles. The maximum Gasteiger partial charge on any atom is 0.251 e. The molecule has 0 saturated heterocycles. The number of carbonyl (C=O) groups is 1. The Labute approximate surface area is 115 Å². The Kier molecular flexibility index (Phi) is 6.37. The number of nitrogens with one attached hydrogen (secondary N) is 1. The average Bonchev–Trinajstić information content (AvgIpc) is 2.32. The number of amides is 1. The van der Waals surface area contributed by atoms with Crippen LogP contribution in [0, 0.1) is 6.92 Å². The van der Waals surface area contributed by atoms with Crippen LogP contribution in [0.3, 0.4) is 0 Å². The zero-order valence-corrected chi connectivity index (χ0v) is 12.2. The highest BCUT2D eigenvalue weighted by molar-refractivity contribution is 9.10. The minimum Gasteiger partial charge on any atom is -0.351 e. The molecule has 2 nitrogen and oxygen atoms in total. The Hall–Kier alpha value is -0.740. The summed E-state index contributed by atoms with van der Waals surface area (Å²) in [5, 5.41) is 2.90. The van der Waals surface area contributed by atoms with Gasteiger partial charge in [-0.3, -0.25) is 4.79 Å². The lowest BCUT2D eigenvalue weighted by Crippen LogP contribution is -2.25. The second-order valence-electron chi connectivity index (χ2n) is 3.58. The summed E-state index contributed by atoms with van der Waals surface area (Å²) in [7, 11) is 0. The molecule has 0 fully saturated rings. The molecule has 0 aromatic heterocycles. The first-order chi connectivity index (χ1) is 8.15. The standard InChI is InChI=1S/C13H16BrNOS/c1-3-7-17-8-6-15-13(16)11-4-5-12(14)10(2)9-11/h3-5,9H,1,6-8H2,2H3,(H,15,16). The lowest BCUT2D eigenvalue weighted by atomic mass is 10.1. The van der Waals surface area contributed by atoms with Gasteiger partial charge in [-0.1, -0.05) is 22.0 Å². The van der Waals surface area contributed by atoms with Gasteiger partial charge in [-0.25, -0.2) is 0 Å². The van der Waals surface area contributed by atoms with Gasteiger partial charge in [0.15, 0.2) is 0 Å². The molecule has 1 amide bonds. The molecule has 0 unspecified atom stereocenters. The van der Waals surface area contributed by atoms with E-state index in [9.17, 15) is 4.79 Å². The summed E-state index contributed by atoms with van der Waals surface area (Å²) in [5.41, 5.74) is 1.78. The number of hydrogen-bond acceptors (Lipinski definition) is 2. The summed E-state index contributed by atoms with van der Waals surface area (Å²) < 4.78 is 1.02. The Morgan fingerprint density at radius 2 is 2.35 bits per heavy atom. The van der Waals surface area contributed by atoms with Crippen LogP contribution in [0.1, 0.15) is 15.9 Å². The van der Waals surface area contributed by atoms with Crippen LogP contribution in [0.4, 0.5) is 0 Å². The Morgan fingerprint density at radius 3 is 3.00 bits per heavy atom. The van der Waals surface area contributed by atoms with Crippen LogP contribution in [0.25, 0.3) is 0 Å².